The lowest BCUT2D eigenvalue weighted by Gasteiger charge is -2.33. The van der Waals surface area contributed by atoms with Crippen molar-refractivity contribution < 1.29 is 20.1 Å². The van der Waals surface area contributed by atoms with Crippen molar-refractivity contribution in [3.05, 3.63) is 6.58 Å². The van der Waals surface area contributed by atoms with Crippen LogP contribution in [0.2, 0.25) is 0 Å². The third kappa shape index (κ3) is 3.92. The molecule has 6 nitrogen and oxygen atoms in total. The number of carbonyl (C=O) groups is 1. The van der Waals surface area contributed by atoms with E-state index in [4.69, 9.17) is 15.3 Å². The molecule has 0 aromatic rings. The fourth-order valence-electron chi connectivity index (χ4n) is 1.26. The Morgan fingerprint density at radius 1 is 1.33 bits per heavy atom. The quantitative estimate of drug-likeness (QED) is 0.444. The Bertz CT molecular complexity index is 323. The number of hydrogen-bond acceptors (Lipinski definition) is 5. The third-order valence-corrected chi connectivity index (χ3v) is 3.12. The molecule has 0 aromatic carbocycles. The number of amides is 1. The first-order chi connectivity index (χ1) is 8.28. The number of aliphatic hydroxyl groups excluding tert-OH is 3. The molecule has 0 saturated heterocycles. The zero-order chi connectivity index (χ0) is 14.4. The van der Waals surface area contributed by atoms with Gasteiger partial charge in [0.05, 0.1) is 31.3 Å². The molecule has 104 valence electrons. The number of carbonyl (C=O) groups excluding carboxylic acids is 1. The van der Waals surface area contributed by atoms with E-state index in [2.05, 4.69) is 22.8 Å². The molecule has 0 saturated carbocycles. The van der Waals surface area contributed by atoms with Gasteiger partial charge in [-0.2, -0.15) is 0 Å². The topological polar surface area (TPSA) is 102 Å². The van der Waals surface area contributed by atoms with Crippen LogP contribution in [0.15, 0.2) is 11.6 Å². The maximum atomic E-state index is 12.0. The summed E-state index contributed by atoms with van der Waals surface area (Å²) in [6.45, 7) is 6.86. The van der Waals surface area contributed by atoms with Gasteiger partial charge < -0.3 is 20.6 Å². The molecule has 0 aliphatic rings. The maximum Gasteiger partial charge on any atom is 0.225 e. The number of aliphatic hydroxyl groups is 3. The highest BCUT2D eigenvalue weighted by atomic mass is 16.3. The van der Waals surface area contributed by atoms with Gasteiger partial charge in [0, 0.05) is 0 Å². The van der Waals surface area contributed by atoms with E-state index in [0.717, 1.165) is 0 Å². The first kappa shape index (κ1) is 16.8. The second kappa shape index (κ2) is 6.66. The van der Waals surface area contributed by atoms with Gasteiger partial charge >= 0.3 is 0 Å². The van der Waals surface area contributed by atoms with E-state index in [1.165, 1.54) is 0 Å². The molecule has 0 spiro atoms. The molecule has 0 aromatic heterocycles. The molecular formula is C12H22N2O4. The summed E-state index contributed by atoms with van der Waals surface area (Å²) >= 11 is 0. The predicted molar refractivity (Wildman–Crippen MR) is 68.4 cm³/mol. The highest BCUT2D eigenvalue weighted by molar-refractivity contribution is 5.80. The minimum Gasteiger partial charge on any atom is -0.394 e. The molecule has 0 bridgehead atoms. The van der Waals surface area contributed by atoms with Gasteiger partial charge in [0.25, 0.3) is 0 Å². The van der Waals surface area contributed by atoms with Gasteiger partial charge in [-0.15, -0.1) is 0 Å². The van der Waals surface area contributed by atoms with Crippen LogP contribution in [0, 0.1) is 5.92 Å². The molecule has 0 aliphatic heterocycles. The standard InChI is InChI=1S/C12H22N2O4/c1-5-13-11(3,4)9(2)10(18)14-12(6-15,7-16)8-17/h9,15-17H,1,6-8H2,2-4H3,(H,14,18). The van der Waals surface area contributed by atoms with Crippen LogP contribution in [0.1, 0.15) is 20.8 Å². The van der Waals surface area contributed by atoms with E-state index in [1.807, 2.05) is 0 Å². The second-order valence-electron chi connectivity index (χ2n) is 4.89. The Balaban J connectivity index is 4.91. The molecule has 6 heteroatoms. The van der Waals surface area contributed by atoms with Crippen molar-refractivity contribution in [1.29, 1.82) is 0 Å². The molecule has 1 atom stereocenters. The number of nitrogens with zero attached hydrogens (tertiary/aromatic N) is 1. The molecule has 4 N–H and O–H groups in total. The Morgan fingerprint density at radius 3 is 2.11 bits per heavy atom. The van der Waals surface area contributed by atoms with Crippen LogP contribution in [0.4, 0.5) is 0 Å². The number of hydrogen-bond donors (Lipinski definition) is 4. The summed E-state index contributed by atoms with van der Waals surface area (Å²) in [5.41, 5.74) is -2.13. The summed E-state index contributed by atoms with van der Waals surface area (Å²) < 4.78 is 0. The fraction of sp³-hybridized carbons (Fsp3) is 0.750. The Hall–Kier alpha value is -1.20. The average Bonchev–Trinajstić information content (AvgIpc) is 2.35. The molecule has 18 heavy (non-hydrogen) atoms. The largest absolute Gasteiger partial charge is 0.394 e. The normalized spacial score (nSPS) is 13.7. The van der Waals surface area contributed by atoms with E-state index < -0.39 is 42.7 Å². The average molecular weight is 258 g/mol. The van der Waals surface area contributed by atoms with Crippen molar-refractivity contribution in [3.8, 4) is 0 Å². The number of aliphatic imine (C=N–C) groups is 1. The van der Waals surface area contributed by atoms with Gasteiger partial charge in [-0.05, 0) is 26.3 Å². The van der Waals surface area contributed by atoms with Crippen molar-refractivity contribution in [2.45, 2.75) is 31.8 Å². The van der Waals surface area contributed by atoms with E-state index in [9.17, 15) is 4.79 Å². The van der Waals surface area contributed by atoms with Crippen molar-refractivity contribution in [1.82, 2.24) is 5.32 Å². The lowest BCUT2D eigenvalue weighted by atomic mass is 9.88. The van der Waals surface area contributed by atoms with Crippen LogP contribution in [-0.4, -0.2) is 58.0 Å². The van der Waals surface area contributed by atoms with E-state index in [-0.39, 0.29) is 0 Å². The van der Waals surface area contributed by atoms with Crippen LogP contribution < -0.4 is 5.32 Å². The zero-order valence-corrected chi connectivity index (χ0v) is 11.1. The molecular weight excluding hydrogens is 236 g/mol. The third-order valence-electron chi connectivity index (χ3n) is 3.12. The minimum absolute atomic E-state index is 0.420. The monoisotopic (exact) mass is 258 g/mol. The van der Waals surface area contributed by atoms with E-state index in [1.54, 1.807) is 20.8 Å². The highest BCUT2D eigenvalue weighted by Crippen LogP contribution is 2.21. The lowest BCUT2D eigenvalue weighted by Crippen LogP contribution is -2.59. The van der Waals surface area contributed by atoms with Gasteiger partial charge in [0.2, 0.25) is 5.91 Å². The van der Waals surface area contributed by atoms with Gasteiger partial charge in [0.1, 0.15) is 5.54 Å². The van der Waals surface area contributed by atoms with Crippen molar-refractivity contribution in [2.24, 2.45) is 10.9 Å². The number of nitrogens with one attached hydrogen (secondary N) is 1. The van der Waals surface area contributed by atoms with Crippen LogP contribution in [-0.2, 0) is 4.79 Å². The van der Waals surface area contributed by atoms with E-state index >= 15 is 0 Å². The molecule has 0 rings (SSSR count). The Morgan fingerprint density at radius 2 is 1.78 bits per heavy atom. The van der Waals surface area contributed by atoms with Gasteiger partial charge in [0.15, 0.2) is 0 Å². The maximum absolute atomic E-state index is 12.0. The molecule has 1 amide bonds. The van der Waals surface area contributed by atoms with Crippen molar-refractivity contribution in [3.63, 3.8) is 0 Å². The molecule has 0 aliphatic carbocycles. The fourth-order valence-corrected chi connectivity index (χ4v) is 1.26. The first-order valence-electron chi connectivity index (χ1n) is 5.67. The van der Waals surface area contributed by atoms with Crippen molar-refractivity contribution in [2.75, 3.05) is 19.8 Å². The summed E-state index contributed by atoms with van der Waals surface area (Å²) in [5, 5.41) is 29.8. The SMILES string of the molecule is C=C=NC(C)(C)C(C)C(=O)NC(CO)(CO)CO. The zero-order valence-electron chi connectivity index (χ0n) is 11.1. The lowest BCUT2D eigenvalue weighted by molar-refractivity contribution is -0.130. The molecule has 1 unspecified atom stereocenters. The van der Waals surface area contributed by atoms with E-state index in [0.29, 0.717) is 0 Å². The molecule has 0 radical (unpaired) electrons. The predicted octanol–water partition coefficient (Wildman–Crippen LogP) is -0.911. The summed E-state index contributed by atoms with van der Waals surface area (Å²) in [6, 6.07) is 0. The van der Waals surface area contributed by atoms with Gasteiger partial charge in [-0.3, -0.25) is 4.79 Å². The summed E-state index contributed by atoms with van der Waals surface area (Å²) in [4.78, 5) is 16.0. The summed E-state index contributed by atoms with van der Waals surface area (Å²) in [5.74, 6) is 1.44. The molecule has 0 fully saturated rings. The molecule has 0 heterocycles. The highest BCUT2D eigenvalue weighted by Gasteiger charge is 2.36. The summed E-state index contributed by atoms with van der Waals surface area (Å²) in [7, 11) is 0. The van der Waals surface area contributed by atoms with Gasteiger partial charge in [-0.25, -0.2) is 4.99 Å². The second-order valence-corrected chi connectivity index (χ2v) is 4.89. The van der Waals surface area contributed by atoms with Crippen LogP contribution >= 0.6 is 0 Å². The Labute approximate surface area is 107 Å². The van der Waals surface area contributed by atoms with Crippen molar-refractivity contribution >= 4 is 11.8 Å². The van der Waals surface area contributed by atoms with Crippen LogP contribution in [0.25, 0.3) is 0 Å². The minimum atomic E-state index is -1.42. The van der Waals surface area contributed by atoms with Crippen LogP contribution in [0.5, 0.6) is 0 Å². The summed E-state index contributed by atoms with van der Waals surface area (Å²) in [6.07, 6.45) is 0. The smallest absolute Gasteiger partial charge is 0.225 e. The number of rotatable bonds is 7. The Kier molecular flexibility index (Phi) is 6.21. The van der Waals surface area contributed by atoms with Gasteiger partial charge in [-0.1, -0.05) is 6.92 Å². The first-order valence-corrected chi connectivity index (χ1v) is 5.67. The van der Waals surface area contributed by atoms with Crippen LogP contribution in [0.3, 0.4) is 0 Å².